The van der Waals surface area contributed by atoms with Crippen LogP contribution in [0.15, 0.2) is 78.9 Å². The second-order valence-electron chi connectivity index (χ2n) is 9.66. The third kappa shape index (κ3) is 7.95. The summed E-state index contributed by atoms with van der Waals surface area (Å²) in [6, 6.07) is 22.3. The Kier molecular flexibility index (Phi) is 8.63. The van der Waals surface area contributed by atoms with Crippen molar-refractivity contribution in [3.63, 3.8) is 0 Å². The lowest BCUT2D eigenvalue weighted by Gasteiger charge is -2.33. The topological polar surface area (TPSA) is 58.6 Å². The highest BCUT2D eigenvalue weighted by molar-refractivity contribution is 5.89. The van der Waals surface area contributed by atoms with E-state index in [9.17, 15) is 14.0 Å². The summed E-state index contributed by atoms with van der Waals surface area (Å²) in [6.45, 7) is 7.28. The molecular formula is C29H33FN2O3. The van der Waals surface area contributed by atoms with Crippen molar-refractivity contribution in [2.24, 2.45) is 0 Å². The summed E-state index contributed by atoms with van der Waals surface area (Å²) in [5, 5.41) is 2.99. The van der Waals surface area contributed by atoms with Gasteiger partial charge >= 0.3 is 0 Å². The van der Waals surface area contributed by atoms with Gasteiger partial charge in [-0.05, 0) is 51.5 Å². The van der Waals surface area contributed by atoms with Crippen LogP contribution in [0.25, 0.3) is 0 Å². The molecule has 0 aliphatic carbocycles. The van der Waals surface area contributed by atoms with Crippen molar-refractivity contribution in [1.29, 1.82) is 0 Å². The van der Waals surface area contributed by atoms with E-state index in [2.05, 4.69) is 5.32 Å². The van der Waals surface area contributed by atoms with Crippen LogP contribution in [0.2, 0.25) is 0 Å². The molecule has 184 valence electrons. The van der Waals surface area contributed by atoms with Gasteiger partial charge in [0.2, 0.25) is 5.91 Å². The van der Waals surface area contributed by atoms with Crippen LogP contribution in [0.5, 0.6) is 5.75 Å². The van der Waals surface area contributed by atoms with Crippen LogP contribution in [0.3, 0.4) is 0 Å². The molecule has 35 heavy (non-hydrogen) atoms. The molecule has 0 aliphatic rings. The quantitative estimate of drug-likeness (QED) is 0.469. The summed E-state index contributed by atoms with van der Waals surface area (Å²) in [6.07, 6.45) is 0.285. The normalized spacial score (nSPS) is 12.0. The Balaban J connectivity index is 1.93. The number of rotatable bonds is 9. The van der Waals surface area contributed by atoms with Crippen LogP contribution in [0, 0.1) is 12.7 Å². The van der Waals surface area contributed by atoms with Gasteiger partial charge in [0.05, 0.1) is 0 Å². The van der Waals surface area contributed by atoms with Crippen LogP contribution in [0.4, 0.5) is 4.39 Å². The lowest BCUT2D eigenvalue weighted by atomic mass is 10.0. The van der Waals surface area contributed by atoms with Crippen molar-refractivity contribution in [3.8, 4) is 5.75 Å². The monoisotopic (exact) mass is 476 g/mol. The zero-order valence-corrected chi connectivity index (χ0v) is 20.8. The van der Waals surface area contributed by atoms with Crippen LogP contribution >= 0.6 is 0 Å². The number of amides is 2. The highest BCUT2D eigenvalue weighted by Crippen LogP contribution is 2.19. The second kappa shape index (κ2) is 11.6. The van der Waals surface area contributed by atoms with Gasteiger partial charge in [0.15, 0.2) is 6.61 Å². The number of nitrogens with one attached hydrogen (secondary N) is 1. The van der Waals surface area contributed by atoms with Crippen molar-refractivity contribution >= 4 is 11.8 Å². The Morgan fingerprint density at radius 1 is 0.943 bits per heavy atom. The van der Waals surface area contributed by atoms with Gasteiger partial charge in [-0.3, -0.25) is 9.59 Å². The van der Waals surface area contributed by atoms with Gasteiger partial charge in [0, 0.05) is 24.1 Å². The zero-order chi connectivity index (χ0) is 25.4. The van der Waals surface area contributed by atoms with E-state index in [1.54, 1.807) is 30.3 Å². The third-order valence-corrected chi connectivity index (χ3v) is 5.45. The number of carbonyl (C=O) groups is 2. The SMILES string of the molecule is Cc1ccc(OCC(=O)N(Cc2ccccc2F)[C@H](Cc2ccccc2)C(=O)NC(C)(C)C)cc1. The average molecular weight is 477 g/mol. The molecule has 3 aromatic rings. The fourth-order valence-corrected chi connectivity index (χ4v) is 3.68. The fourth-order valence-electron chi connectivity index (χ4n) is 3.68. The molecule has 0 aliphatic heterocycles. The number of nitrogens with zero attached hydrogens (tertiary/aromatic N) is 1. The summed E-state index contributed by atoms with van der Waals surface area (Å²) >= 11 is 0. The van der Waals surface area contributed by atoms with E-state index in [1.165, 1.54) is 11.0 Å². The summed E-state index contributed by atoms with van der Waals surface area (Å²) < 4.78 is 20.3. The van der Waals surface area contributed by atoms with E-state index in [0.717, 1.165) is 11.1 Å². The maximum atomic E-state index is 14.6. The number of hydrogen-bond acceptors (Lipinski definition) is 3. The molecule has 0 saturated carbocycles. The molecule has 0 unspecified atom stereocenters. The van der Waals surface area contributed by atoms with Gasteiger partial charge in [-0.25, -0.2) is 4.39 Å². The van der Waals surface area contributed by atoms with Crippen molar-refractivity contribution in [1.82, 2.24) is 10.2 Å². The Hall–Kier alpha value is -3.67. The highest BCUT2D eigenvalue weighted by Gasteiger charge is 2.32. The van der Waals surface area contributed by atoms with E-state index in [4.69, 9.17) is 4.74 Å². The van der Waals surface area contributed by atoms with Gasteiger partial charge in [0.1, 0.15) is 17.6 Å². The van der Waals surface area contributed by atoms with E-state index in [1.807, 2.05) is 70.2 Å². The molecule has 0 fully saturated rings. The predicted molar refractivity (Wildman–Crippen MR) is 135 cm³/mol. The van der Waals surface area contributed by atoms with Gasteiger partial charge in [-0.1, -0.05) is 66.2 Å². The minimum Gasteiger partial charge on any atom is -0.484 e. The average Bonchev–Trinajstić information content (AvgIpc) is 2.81. The van der Waals surface area contributed by atoms with E-state index in [-0.39, 0.29) is 25.5 Å². The zero-order valence-electron chi connectivity index (χ0n) is 20.8. The molecule has 0 heterocycles. The van der Waals surface area contributed by atoms with Crippen molar-refractivity contribution < 1.29 is 18.7 Å². The number of benzene rings is 3. The van der Waals surface area contributed by atoms with Crippen molar-refractivity contribution in [2.75, 3.05) is 6.61 Å². The largest absolute Gasteiger partial charge is 0.484 e. The molecule has 5 nitrogen and oxygen atoms in total. The number of carbonyl (C=O) groups excluding carboxylic acids is 2. The van der Waals surface area contributed by atoms with Crippen LogP contribution in [0.1, 0.15) is 37.5 Å². The standard InChI is InChI=1S/C29H33FN2O3/c1-21-14-16-24(17-15-21)35-20-27(33)32(19-23-12-8-9-13-25(23)30)26(28(34)31-29(2,3)4)18-22-10-6-5-7-11-22/h5-17,26H,18-20H2,1-4H3,(H,31,34)/t26-/m1/s1. The number of ether oxygens (including phenoxy) is 1. The first kappa shape index (κ1) is 25.9. The van der Waals surface area contributed by atoms with Gasteiger partial charge in [-0.2, -0.15) is 0 Å². The van der Waals surface area contributed by atoms with Gasteiger partial charge in [0.25, 0.3) is 5.91 Å². The summed E-state index contributed by atoms with van der Waals surface area (Å²) in [5.74, 6) is -0.590. The molecule has 3 aromatic carbocycles. The van der Waals surface area contributed by atoms with Gasteiger partial charge in [-0.15, -0.1) is 0 Å². The molecule has 0 radical (unpaired) electrons. The minimum absolute atomic E-state index is 0.0577. The lowest BCUT2D eigenvalue weighted by Crippen LogP contribution is -2.55. The molecule has 1 atom stereocenters. The molecule has 0 aromatic heterocycles. The fraction of sp³-hybridized carbons (Fsp3) is 0.310. The molecule has 0 saturated heterocycles. The Labute approximate surface area is 206 Å². The summed E-state index contributed by atoms with van der Waals surface area (Å²) in [7, 11) is 0. The van der Waals surface area contributed by atoms with Crippen LogP contribution < -0.4 is 10.1 Å². The first-order chi connectivity index (χ1) is 16.6. The van der Waals surface area contributed by atoms with E-state index >= 15 is 0 Å². The third-order valence-electron chi connectivity index (χ3n) is 5.45. The first-order valence-corrected chi connectivity index (χ1v) is 11.7. The Bertz CT molecular complexity index is 1120. The second-order valence-corrected chi connectivity index (χ2v) is 9.66. The first-order valence-electron chi connectivity index (χ1n) is 11.7. The van der Waals surface area contributed by atoms with E-state index in [0.29, 0.717) is 11.3 Å². The lowest BCUT2D eigenvalue weighted by molar-refractivity contribution is -0.143. The highest BCUT2D eigenvalue weighted by atomic mass is 19.1. The number of aryl methyl sites for hydroxylation is 1. The van der Waals surface area contributed by atoms with Gasteiger partial charge < -0.3 is 15.0 Å². The maximum absolute atomic E-state index is 14.6. The Morgan fingerprint density at radius 2 is 1.57 bits per heavy atom. The number of hydrogen-bond donors (Lipinski definition) is 1. The molecule has 6 heteroatoms. The predicted octanol–water partition coefficient (Wildman–Crippen LogP) is 5.07. The van der Waals surface area contributed by atoms with Crippen LogP contribution in [-0.4, -0.2) is 34.9 Å². The molecule has 1 N–H and O–H groups in total. The van der Waals surface area contributed by atoms with E-state index < -0.39 is 23.3 Å². The van der Waals surface area contributed by atoms with Crippen molar-refractivity contribution in [2.45, 2.75) is 52.2 Å². The molecule has 0 spiro atoms. The summed E-state index contributed by atoms with van der Waals surface area (Å²) in [5.41, 5.74) is 1.80. The smallest absolute Gasteiger partial charge is 0.261 e. The summed E-state index contributed by atoms with van der Waals surface area (Å²) in [4.78, 5) is 28.4. The maximum Gasteiger partial charge on any atom is 0.261 e. The molecular weight excluding hydrogens is 443 g/mol. The molecule has 0 bridgehead atoms. The minimum atomic E-state index is -0.856. The van der Waals surface area contributed by atoms with Crippen LogP contribution in [-0.2, 0) is 22.6 Å². The number of halogens is 1. The van der Waals surface area contributed by atoms with Crippen molar-refractivity contribution in [3.05, 3.63) is 101 Å². The molecule has 3 rings (SSSR count). The Morgan fingerprint density at radius 3 is 2.20 bits per heavy atom. The molecule has 2 amide bonds.